The van der Waals surface area contributed by atoms with E-state index in [1.54, 1.807) is 26.0 Å². The van der Waals surface area contributed by atoms with Crippen LogP contribution in [0.15, 0.2) is 35.3 Å². The quantitative estimate of drug-likeness (QED) is 0.511. The zero-order valence-corrected chi connectivity index (χ0v) is 14.3. The van der Waals surface area contributed by atoms with Crippen LogP contribution in [0.5, 0.6) is 0 Å². The van der Waals surface area contributed by atoms with Gasteiger partial charge in [-0.2, -0.15) is 0 Å². The van der Waals surface area contributed by atoms with Crippen molar-refractivity contribution in [3.63, 3.8) is 0 Å². The SMILES string of the molecule is CCOC(=O)[C@@](C)(N=C(SC)SC)[C@@H](O)c1ccccc1. The van der Waals surface area contributed by atoms with Gasteiger partial charge in [0.05, 0.1) is 6.61 Å². The van der Waals surface area contributed by atoms with Gasteiger partial charge in [-0.1, -0.05) is 30.3 Å². The lowest BCUT2D eigenvalue weighted by Crippen LogP contribution is -2.42. The number of rotatable bonds is 5. The molecule has 0 saturated heterocycles. The number of benzene rings is 1. The fraction of sp³-hybridized carbons (Fsp3) is 0.467. The fourth-order valence-electron chi connectivity index (χ4n) is 1.82. The molecule has 0 amide bonds. The molecular weight excluding hydrogens is 306 g/mol. The minimum Gasteiger partial charge on any atom is -0.464 e. The van der Waals surface area contributed by atoms with Gasteiger partial charge in [0.2, 0.25) is 0 Å². The maximum Gasteiger partial charge on any atom is 0.336 e. The molecule has 0 aromatic heterocycles. The Bertz CT molecular complexity index is 487. The molecule has 0 bridgehead atoms. The van der Waals surface area contributed by atoms with Crippen molar-refractivity contribution in [3.05, 3.63) is 35.9 Å². The molecule has 21 heavy (non-hydrogen) atoms. The summed E-state index contributed by atoms with van der Waals surface area (Å²) in [4.78, 5) is 16.8. The number of aliphatic hydroxyl groups excluding tert-OH is 1. The molecule has 0 aliphatic heterocycles. The van der Waals surface area contributed by atoms with Gasteiger partial charge >= 0.3 is 5.97 Å². The number of hydrogen-bond acceptors (Lipinski definition) is 6. The predicted octanol–water partition coefficient (Wildman–Crippen LogP) is 3.12. The van der Waals surface area contributed by atoms with Gasteiger partial charge in [0.25, 0.3) is 0 Å². The molecule has 0 aliphatic rings. The normalized spacial score (nSPS) is 14.9. The smallest absolute Gasteiger partial charge is 0.336 e. The molecule has 0 aliphatic carbocycles. The highest BCUT2D eigenvalue weighted by molar-refractivity contribution is 8.38. The van der Waals surface area contributed by atoms with Crippen molar-refractivity contribution in [2.24, 2.45) is 4.99 Å². The van der Waals surface area contributed by atoms with Crippen LogP contribution in [0.3, 0.4) is 0 Å². The highest BCUT2D eigenvalue weighted by Gasteiger charge is 2.43. The lowest BCUT2D eigenvalue weighted by molar-refractivity contribution is -0.153. The van der Waals surface area contributed by atoms with Gasteiger partial charge < -0.3 is 9.84 Å². The molecule has 116 valence electrons. The first-order valence-electron chi connectivity index (χ1n) is 6.57. The first-order valence-corrected chi connectivity index (χ1v) is 9.02. The summed E-state index contributed by atoms with van der Waals surface area (Å²) in [5.74, 6) is -0.526. The largest absolute Gasteiger partial charge is 0.464 e. The van der Waals surface area contributed by atoms with Gasteiger partial charge in [0.15, 0.2) is 5.54 Å². The third kappa shape index (κ3) is 4.49. The molecule has 1 aromatic rings. The number of aliphatic imine (C=N–C) groups is 1. The summed E-state index contributed by atoms with van der Waals surface area (Å²) < 4.78 is 5.84. The van der Waals surface area contributed by atoms with Crippen LogP contribution in [-0.2, 0) is 9.53 Å². The number of aliphatic hydroxyl groups is 1. The van der Waals surface area contributed by atoms with Crippen molar-refractivity contribution in [3.8, 4) is 0 Å². The molecule has 0 radical (unpaired) electrons. The second kappa shape index (κ2) is 8.46. The molecule has 0 saturated carbocycles. The summed E-state index contributed by atoms with van der Waals surface area (Å²) in [5, 5.41) is 10.7. The van der Waals surface area contributed by atoms with Gasteiger partial charge in [-0.05, 0) is 31.9 Å². The Kier molecular flexibility index (Phi) is 7.28. The molecule has 0 fully saturated rings. The van der Waals surface area contributed by atoms with Gasteiger partial charge in [-0.3, -0.25) is 4.99 Å². The van der Waals surface area contributed by atoms with Crippen molar-refractivity contribution < 1.29 is 14.6 Å². The minimum absolute atomic E-state index is 0.249. The Hall–Kier alpha value is -0.980. The number of carbonyl (C=O) groups excluding carboxylic acids is 1. The number of thioether (sulfide) groups is 2. The Labute approximate surface area is 134 Å². The lowest BCUT2D eigenvalue weighted by Gasteiger charge is -2.29. The number of nitrogens with zero attached hydrogens (tertiary/aromatic N) is 1. The minimum atomic E-state index is -1.36. The van der Waals surface area contributed by atoms with E-state index in [0.29, 0.717) is 5.56 Å². The monoisotopic (exact) mass is 327 g/mol. The third-order valence-corrected chi connectivity index (χ3v) is 4.89. The van der Waals surface area contributed by atoms with Crippen LogP contribution in [-0.4, -0.2) is 40.1 Å². The van der Waals surface area contributed by atoms with Gasteiger partial charge in [0.1, 0.15) is 10.5 Å². The van der Waals surface area contributed by atoms with Crippen LogP contribution in [0, 0.1) is 0 Å². The maximum atomic E-state index is 12.3. The highest BCUT2D eigenvalue weighted by atomic mass is 32.2. The van der Waals surface area contributed by atoms with Crippen LogP contribution in [0.1, 0.15) is 25.5 Å². The Morgan fingerprint density at radius 1 is 1.33 bits per heavy atom. The van der Waals surface area contributed by atoms with E-state index in [-0.39, 0.29) is 6.61 Å². The van der Waals surface area contributed by atoms with E-state index < -0.39 is 17.6 Å². The first-order chi connectivity index (χ1) is 9.99. The van der Waals surface area contributed by atoms with E-state index in [2.05, 4.69) is 4.99 Å². The van der Waals surface area contributed by atoms with Crippen molar-refractivity contribution in [1.82, 2.24) is 0 Å². The van der Waals surface area contributed by atoms with E-state index in [1.165, 1.54) is 23.5 Å². The summed E-state index contributed by atoms with van der Waals surface area (Å²) in [5.41, 5.74) is -0.725. The zero-order valence-electron chi connectivity index (χ0n) is 12.7. The van der Waals surface area contributed by atoms with Crippen LogP contribution in [0.25, 0.3) is 0 Å². The summed E-state index contributed by atoms with van der Waals surface area (Å²) in [6, 6.07) is 9.04. The van der Waals surface area contributed by atoms with Crippen molar-refractivity contribution >= 4 is 33.9 Å². The Balaban J connectivity index is 3.24. The maximum absolute atomic E-state index is 12.3. The Morgan fingerprint density at radius 2 is 1.90 bits per heavy atom. The van der Waals surface area contributed by atoms with Crippen LogP contribution < -0.4 is 0 Å². The first kappa shape index (κ1) is 18.1. The van der Waals surface area contributed by atoms with E-state index in [0.717, 1.165) is 4.38 Å². The number of hydrogen-bond donors (Lipinski definition) is 1. The molecule has 6 heteroatoms. The van der Waals surface area contributed by atoms with Crippen LogP contribution in [0.4, 0.5) is 0 Å². The summed E-state index contributed by atoms with van der Waals surface area (Å²) in [7, 11) is 0. The molecule has 1 rings (SSSR count). The molecule has 0 unspecified atom stereocenters. The molecule has 0 spiro atoms. The van der Waals surface area contributed by atoms with Crippen molar-refractivity contribution in [1.29, 1.82) is 0 Å². The number of esters is 1. The molecule has 1 aromatic carbocycles. The zero-order chi connectivity index (χ0) is 15.9. The number of carbonyl (C=O) groups is 1. The van der Waals surface area contributed by atoms with Gasteiger partial charge in [-0.15, -0.1) is 23.5 Å². The van der Waals surface area contributed by atoms with Crippen molar-refractivity contribution in [2.75, 3.05) is 19.1 Å². The summed E-state index contributed by atoms with van der Waals surface area (Å²) >= 11 is 2.88. The number of ether oxygens (including phenoxy) is 1. The molecule has 2 atom stereocenters. The van der Waals surface area contributed by atoms with Crippen molar-refractivity contribution in [2.45, 2.75) is 25.5 Å². The molecule has 0 heterocycles. The van der Waals surface area contributed by atoms with Gasteiger partial charge in [0, 0.05) is 0 Å². The summed E-state index contributed by atoms with van der Waals surface area (Å²) in [6.45, 7) is 3.59. The molecule has 1 N–H and O–H groups in total. The van der Waals surface area contributed by atoms with E-state index >= 15 is 0 Å². The van der Waals surface area contributed by atoms with Crippen LogP contribution >= 0.6 is 23.5 Å². The Morgan fingerprint density at radius 3 is 2.38 bits per heavy atom. The topological polar surface area (TPSA) is 58.9 Å². The van der Waals surface area contributed by atoms with E-state index in [9.17, 15) is 9.90 Å². The third-order valence-electron chi connectivity index (χ3n) is 3.01. The highest BCUT2D eigenvalue weighted by Crippen LogP contribution is 2.32. The van der Waals surface area contributed by atoms with E-state index in [1.807, 2.05) is 30.7 Å². The standard InChI is InChI=1S/C15H21NO3S2/c1-5-19-13(18)15(2,16-14(20-3)21-4)12(17)11-9-7-6-8-10-11/h6-10,12,17H,5H2,1-4H3/t12-,15-/m0/s1. The second-order valence-electron chi connectivity index (χ2n) is 4.47. The van der Waals surface area contributed by atoms with Gasteiger partial charge in [-0.25, -0.2) is 4.79 Å². The van der Waals surface area contributed by atoms with Crippen LogP contribution in [0.2, 0.25) is 0 Å². The second-order valence-corrected chi connectivity index (χ2v) is 6.32. The fourth-order valence-corrected chi connectivity index (χ4v) is 3.05. The van der Waals surface area contributed by atoms with E-state index in [4.69, 9.17) is 4.74 Å². The predicted molar refractivity (Wildman–Crippen MR) is 90.9 cm³/mol. The lowest BCUT2D eigenvalue weighted by atomic mass is 9.90. The molecule has 4 nitrogen and oxygen atoms in total. The average molecular weight is 327 g/mol. The summed E-state index contributed by atoms with van der Waals surface area (Å²) in [6.07, 6.45) is 2.71. The average Bonchev–Trinajstić information content (AvgIpc) is 2.52. The molecular formula is C15H21NO3S2.